The Morgan fingerprint density at radius 3 is 2.88 bits per heavy atom. The second-order valence-electron chi connectivity index (χ2n) is 4.29. The lowest BCUT2D eigenvalue weighted by molar-refractivity contribution is 0.419. The van der Waals surface area contributed by atoms with Gasteiger partial charge in [0.1, 0.15) is 11.3 Å². The van der Waals surface area contributed by atoms with Gasteiger partial charge in [0.25, 0.3) is 0 Å². The average Bonchev–Trinajstić information content (AvgIpc) is 2.65. The predicted octanol–water partition coefficient (Wildman–Crippen LogP) is 4.07. The molecule has 0 amide bonds. The van der Waals surface area contributed by atoms with Crippen LogP contribution in [0.25, 0.3) is 11.0 Å². The van der Waals surface area contributed by atoms with Crippen molar-refractivity contribution in [3.63, 3.8) is 0 Å². The molecule has 0 spiro atoms. The Hall–Kier alpha value is -1.29. The van der Waals surface area contributed by atoms with Crippen LogP contribution in [-0.2, 0) is 0 Å². The second-order valence-corrected chi connectivity index (χ2v) is 4.68. The van der Waals surface area contributed by atoms with Crippen molar-refractivity contribution < 1.29 is 4.74 Å². The number of aromatic amines is 1. The Bertz CT molecular complexity index is 570. The standard InChI is InChI=1S/C13H18N2OS/c1-4-6-9(2)15-10-7-5-8-11(16-3)12(10)14-13(15)17/h5,7-9H,4,6H2,1-3H3,(H,14,17). The van der Waals surface area contributed by atoms with Crippen molar-refractivity contribution in [1.82, 2.24) is 9.55 Å². The van der Waals surface area contributed by atoms with Gasteiger partial charge in [0.2, 0.25) is 0 Å². The van der Waals surface area contributed by atoms with Crippen molar-refractivity contribution in [1.29, 1.82) is 0 Å². The Balaban J connectivity index is 2.64. The molecule has 4 heteroatoms. The van der Waals surface area contributed by atoms with E-state index in [-0.39, 0.29) is 0 Å². The fourth-order valence-electron chi connectivity index (χ4n) is 2.28. The van der Waals surface area contributed by atoms with Gasteiger partial charge >= 0.3 is 0 Å². The molecule has 0 aliphatic rings. The first-order chi connectivity index (χ1) is 8.19. The first kappa shape index (κ1) is 12.2. The molecule has 1 heterocycles. The Morgan fingerprint density at radius 2 is 2.24 bits per heavy atom. The van der Waals surface area contributed by atoms with Gasteiger partial charge in [-0.15, -0.1) is 0 Å². The molecule has 2 aromatic rings. The zero-order valence-electron chi connectivity index (χ0n) is 10.5. The van der Waals surface area contributed by atoms with E-state index in [1.807, 2.05) is 12.1 Å². The van der Waals surface area contributed by atoms with Crippen LogP contribution in [0.2, 0.25) is 0 Å². The lowest BCUT2D eigenvalue weighted by Gasteiger charge is -2.13. The summed E-state index contributed by atoms with van der Waals surface area (Å²) in [5.74, 6) is 0.844. The van der Waals surface area contributed by atoms with Gasteiger partial charge < -0.3 is 14.3 Å². The monoisotopic (exact) mass is 250 g/mol. The van der Waals surface area contributed by atoms with Crippen LogP contribution in [0.15, 0.2) is 18.2 Å². The third kappa shape index (κ3) is 2.09. The third-order valence-corrected chi connectivity index (χ3v) is 3.38. The lowest BCUT2D eigenvalue weighted by atomic mass is 10.2. The maximum atomic E-state index is 5.40. The summed E-state index contributed by atoms with van der Waals surface area (Å²) in [7, 11) is 1.68. The fraction of sp³-hybridized carbons (Fsp3) is 0.462. The maximum Gasteiger partial charge on any atom is 0.178 e. The number of fused-ring (bicyclic) bond motifs is 1. The number of aromatic nitrogens is 2. The highest BCUT2D eigenvalue weighted by molar-refractivity contribution is 7.71. The van der Waals surface area contributed by atoms with Gasteiger partial charge in [0.15, 0.2) is 4.77 Å². The third-order valence-electron chi connectivity index (χ3n) is 3.08. The number of benzene rings is 1. The van der Waals surface area contributed by atoms with Gasteiger partial charge in [-0.2, -0.15) is 0 Å². The van der Waals surface area contributed by atoms with Crippen molar-refractivity contribution in [3.8, 4) is 5.75 Å². The van der Waals surface area contributed by atoms with E-state index in [2.05, 4.69) is 29.5 Å². The van der Waals surface area contributed by atoms with Gasteiger partial charge in [-0.1, -0.05) is 19.4 Å². The van der Waals surface area contributed by atoms with E-state index in [0.717, 1.165) is 34.4 Å². The highest BCUT2D eigenvalue weighted by atomic mass is 32.1. The summed E-state index contributed by atoms with van der Waals surface area (Å²) in [6.45, 7) is 4.39. The molecule has 2 rings (SSSR count). The molecule has 17 heavy (non-hydrogen) atoms. The quantitative estimate of drug-likeness (QED) is 0.829. The molecule has 0 aliphatic heterocycles. The van der Waals surface area contributed by atoms with E-state index in [1.54, 1.807) is 7.11 Å². The highest BCUT2D eigenvalue weighted by Crippen LogP contribution is 2.28. The minimum atomic E-state index is 0.411. The molecule has 1 unspecified atom stereocenters. The van der Waals surface area contributed by atoms with Crippen molar-refractivity contribution in [3.05, 3.63) is 23.0 Å². The van der Waals surface area contributed by atoms with E-state index >= 15 is 0 Å². The van der Waals surface area contributed by atoms with E-state index in [4.69, 9.17) is 17.0 Å². The Morgan fingerprint density at radius 1 is 1.47 bits per heavy atom. The minimum absolute atomic E-state index is 0.411. The molecule has 3 nitrogen and oxygen atoms in total. The van der Waals surface area contributed by atoms with Crippen LogP contribution in [0, 0.1) is 4.77 Å². The smallest absolute Gasteiger partial charge is 0.178 e. The number of ether oxygens (including phenoxy) is 1. The highest BCUT2D eigenvalue weighted by Gasteiger charge is 2.12. The normalized spacial score (nSPS) is 12.9. The fourth-order valence-corrected chi connectivity index (χ4v) is 2.66. The summed E-state index contributed by atoms with van der Waals surface area (Å²) >= 11 is 5.40. The van der Waals surface area contributed by atoms with E-state index < -0.39 is 0 Å². The molecule has 0 aliphatic carbocycles. The molecule has 1 atom stereocenters. The maximum absolute atomic E-state index is 5.40. The number of methoxy groups -OCH3 is 1. The zero-order chi connectivity index (χ0) is 12.4. The molecular formula is C13H18N2OS. The van der Waals surface area contributed by atoms with Crippen molar-refractivity contribution in [2.24, 2.45) is 0 Å². The molecule has 1 aromatic heterocycles. The van der Waals surface area contributed by atoms with Gasteiger partial charge in [-0.3, -0.25) is 0 Å². The zero-order valence-corrected chi connectivity index (χ0v) is 11.3. The van der Waals surface area contributed by atoms with Gasteiger partial charge in [-0.05, 0) is 37.7 Å². The number of para-hydroxylation sites is 1. The number of hydrogen-bond acceptors (Lipinski definition) is 2. The summed E-state index contributed by atoms with van der Waals surface area (Å²) in [4.78, 5) is 3.24. The van der Waals surface area contributed by atoms with Crippen LogP contribution in [0.3, 0.4) is 0 Å². The van der Waals surface area contributed by atoms with E-state index in [9.17, 15) is 0 Å². The molecule has 0 radical (unpaired) electrons. The first-order valence-electron chi connectivity index (χ1n) is 5.96. The van der Waals surface area contributed by atoms with Gasteiger partial charge in [0, 0.05) is 6.04 Å². The van der Waals surface area contributed by atoms with Crippen LogP contribution >= 0.6 is 12.2 Å². The Kier molecular flexibility index (Phi) is 3.52. The molecule has 0 saturated carbocycles. The van der Waals surface area contributed by atoms with Crippen molar-refractivity contribution in [2.75, 3.05) is 7.11 Å². The van der Waals surface area contributed by atoms with Crippen LogP contribution in [0.5, 0.6) is 5.75 Å². The summed E-state index contributed by atoms with van der Waals surface area (Å²) in [5, 5.41) is 0. The van der Waals surface area contributed by atoms with Crippen LogP contribution < -0.4 is 4.74 Å². The Labute approximate surface area is 106 Å². The van der Waals surface area contributed by atoms with Crippen molar-refractivity contribution >= 4 is 23.3 Å². The molecule has 1 N–H and O–H groups in total. The number of nitrogens with zero attached hydrogens (tertiary/aromatic N) is 1. The number of rotatable bonds is 4. The lowest BCUT2D eigenvalue weighted by Crippen LogP contribution is -2.04. The summed E-state index contributed by atoms with van der Waals surface area (Å²) in [6.07, 6.45) is 2.28. The number of nitrogens with one attached hydrogen (secondary N) is 1. The van der Waals surface area contributed by atoms with Crippen LogP contribution in [0.4, 0.5) is 0 Å². The largest absolute Gasteiger partial charge is 0.494 e. The average molecular weight is 250 g/mol. The summed E-state index contributed by atoms with van der Waals surface area (Å²) in [5.41, 5.74) is 2.11. The van der Waals surface area contributed by atoms with Crippen molar-refractivity contribution in [2.45, 2.75) is 32.7 Å². The summed E-state index contributed by atoms with van der Waals surface area (Å²) < 4.78 is 8.29. The SMILES string of the molecule is CCCC(C)n1c(=S)[nH]c2c(OC)cccc21. The molecule has 0 saturated heterocycles. The first-order valence-corrected chi connectivity index (χ1v) is 6.37. The van der Waals surface area contributed by atoms with Crippen LogP contribution in [0.1, 0.15) is 32.7 Å². The van der Waals surface area contributed by atoms with Crippen LogP contribution in [-0.4, -0.2) is 16.7 Å². The molecule has 1 aromatic carbocycles. The molecule has 0 fully saturated rings. The number of hydrogen-bond donors (Lipinski definition) is 1. The van der Waals surface area contributed by atoms with Gasteiger partial charge in [0.05, 0.1) is 12.6 Å². The number of H-pyrrole nitrogens is 1. The number of imidazole rings is 1. The minimum Gasteiger partial charge on any atom is -0.494 e. The molecule has 0 bridgehead atoms. The second kappa shape index (κ2) is 4.92. The predicted molar refractivity (Wildman–Crippen MR) is 73.3 cm³/mol. The van der Waals surface area contributed by atoms with Gasteiger partial charge in [-0.25, -0.2) is 0 Å². The summed E-state index contributed by atoms with van der Waals surface area (Å²) in [6, 6.07) is 6.44. The topological polar surface area (TPSA) is 29.9 Å². The molecule has 92 valence electrons. The molecular weight excluding hydrogens is 232 g/mol. The van der Waals surface area contributed by atoms with E-state index in [1.165, 1.54) is 0 Å². The van der Waals surface area contributed by atoms with E-state index in [0.29, 0.717) is 6.04 Å².